The quantitative estimate of drug-likeness (QED) is 0.886. The molecule has 0 bridgehead atoms. The first-order valence-electron chi connectivity index (χ1n) is 6.98. The standard InChI is InChI=1S/C15H24N2O/c1-4-13-11-17(12(3)10-16-13)14-8-6-7-9-15(14)18-5-2/h6-9,12-13,16H,4-5,10-11H2,1-3H3. The molecule has 1 aromatic rings. The van der Waals surface area contributed by atoms with Gasteiger partial charge in [-0.3, -0.25) is 0 Å². The van der Waals surface area contributed by atoms with Gasteiger partial charge in [0.05, 0.1) is 12.3 Å². The van der Waals surface area contributed by atoms with Crippen LogP contribution >= 0.6 is 0 Å². The fourth-order valence-corrected chi connectivity index (χ4v) is 2.51. The van der Waals surface area contributed by atoms with Crippen molar-refractivity contribution in [3.8, 4) is 5.75 Å². The molecule has 0 spiro atoms. The Labute approximate surface area is 110 Å². The topological polar surface area (TPSA) is 24.5 Å². The summed E-state index contributed by atoms with van der Waals surface area (Å²) in [5.41, 5.74) is 1.23. The molecule has 1 fully saturated rings. The van der Waals surface area contributed by atoms with Gasteiger partial charge in [-0.25, -0.2) is 0 Å². The lowest BCUT2D eigenvalue weighted by molar-refractivity contribution is 0.335. The van der Waals surface area contributed by atoms with E-state index in [1.165, 1.54) is 12.1 Å². The van der Waals surface area contributed by atoms with Crippen molar-refractivity contribution in [1.82, 2.24) is 5.32 Å². The van der Waals surface area contributed by atoms with Gasteiger partial charge in [-0.1, -0.05) is 19.1 Å². The minimum atomic E-state index is 0.509. The molecule has 3 heteroatoms. The number of nitrogens with zero attached hydrogens (tertiary/aromatic N) is 1. The normalized spacial score (nSPS) is 24.1. The molecule has 1 N–H and O–H groups in total. The molecule has 100 valence electrons. The summed E-state index contributed by atoms with van der Waals surface area (Å²) in [5, 5.41) is 3.59. The van der Waals surface area contributed by atoms with Crippen LogP contribution in [-0.4, -0.2) is 31.8 Å². The highest BCUT2D eigenvalue weighted by Gasteiger charge is 2.25. The molecule has 0 aliphatic carbocycles. The number of anilines is 1. The molecular formula is C15H24N2O. The van der Waals surface area contributed by atoms with Crippen molar-refractivity contribution in [2.75, 3.05) is 24.6 Å². The Hall–Kier alpha value is -1.22. The lowest BCUT2D eigenvalue weighted by atomic mass is 10.1. The summed E-state index contributed by atoms with van der Waals surface area (Å²) >= 11 is 0. The highest BCUT2D eigenvalue weighted by Crippen LogP contribution is 2.30. The van der Waals surface area contributed by atoms with Crippen LogP contribution in [-0.2, 0) is 0 Å². The average Bonchev–Trinajstić information content (AvgIpc) is 2.41. The van der Waals surface area contributed by atoms with Gasteiger partial charge < -0.3 is 15.0 Å². The number of nitrogens with one attached hydrogen (secondary N) is 1. The number of hydrogen-bond donors (Lipinski definition) is 1. The lowest BCUT2D eigenvalue weighted by Gasteiger charge is -2.40. The van der Waals surface area contributed by atoms with Crippen molar-refractivity contribution in [2.45, 2.75) is 39.3 Å². The van der Waals surface area contributed by atoms with Gasteiger partial charge in [0.15, 0.2) is 0 Å². The monoisotopic (exact) mass is 248 g/mol. The van der Waals surface area contributed by atoms with Gasteiger partial charge in [-0.05, 0) is 32.4 Å². The van der Waals surface area contributed by atoms with E-state index in [9.17, 15) is 0 Å². The Morgan fingerprint density at radius 2 is 2.11 bits per heavy atom. The molecule has 3 nitrogen and oxygen atoms in total. The first kappa shape index (κ1) is 13.2. The van der Waals surface area contributed by atoms with Crippen molar-refractivity contribution in [1.29, 1.82) is 0 Å². The van der Waals surface area contributed by atoms with Crippen molar-refractivity contribution in [3.63, 3.8) is 0 Å². The van der Waals surface area contributed by atoms with Crippen molar-refractivity contribution in [2.24, 2.45) is 0 Å². The van der Waals surface area contributed by atoms with E-state index in [-0.39, 0.29) is 0 Å². The number of rotatable bonds is 4. The predicted octanol–water partition coefficient (Wildman–Crippen LogP) is 2.66. The van der Waals surface area contributed by atoms with Crippen molar-refractivity contribution in [3.05, 3.63) is 24.3 Å². The average molecular weight is 248 g/mol. The fraction of sp³-hybridized carbons (Fsp3) is 0.600. The van der Waals surface area contributed by atoms with Gasteiger partial charge in [0, 0.05) is 25.2 Å². The molecule has 2 atom stereocenters. The van der Waals surface area contributed by atoms with E-state index in [2.05, 4.69) is 42.3 Å². The van der Waals surface area contributed by atoms with E-state index in [1.54, 1.807) is 0 Å². The molecule has 1 aromatic carbocycles. The fourth-order valence-electron chi connectivity index (χ4n) is 2.51. The SMILES string of the molecule is CCOc1ccccc1N1CC(CC)NCC1C. The predicted molar refractivity (Wildman–Crippen MR) is 76.5 cm³/mol. The molecule has 1 heterocycles. The van der Waals surface area contributed by atoms with Gasteiger partial charge in [-0.2, -0.15) is 0 Å². The second-order valence-electron chi connectivity index (χ2n) is 4.92. The second kappa shape index (κ2) is 6.10. The molecular weight excluding hydrogens is 224 g/mol. The van der Waals surface area contributed by atoms with Crippen LogP contribution in [0.15, 0.2) is 24.3 Å². The number of piperazine rings is 1. The minimum absolute atomic E-state index is 0.509. The van der Waals surface area contributed by atoms with E-state index < -0.39 is 0 Å². The molecule has 0 radical (unpaired) electrons. The summed E-state index contributed by atoms with van der Waals surface area (Å²) in [4.78, 5) is 2.47. The summed E-state index contributed by atoms with van der Waals surface area (Å²) in [6.45, 7) is 9.35. The van der Waals surface area contributed by atoms with Crippen molar-refractivity contribution < 1.29 is 4.74 Å². The number of ether oxygens (including phenoxy) is 1. The Morgan fingerprint density at radius 1 is 1.33 bits per heavy atom. The largest absolute Gasteiger partial charge is 0.492 e. The number of para-hydroxylation sites is 2. The van der Waals surface area contributed by atoms with Gasteiger partial charge in [0.25, 0.3) is 0 Å². The lowest BCUT2D eigenvalue weighted by Crippen LogP contribution is -2.55. The van der Waals surface area contributed by atoms with Gasteiger partial charge in [0.2, 0.25) is 0 Å². The molecule has 2 rings (SSSR count). The molecule has 1 aliphatic heterocycles. The minimum Gasteiger partial charge on any atom is -0.492 e. The van der Waals surface area contributed by atoms with E-state index >= 15 is 0 Å². The summed E-state index contributed by atoms with van der Waals surface area (Å²) in [6, 6.07) is 9.45. The maximum absolute atomic E-state index is 5.75. The molecule has 0 saturated carbocycles. The third-order valence-corrected chi connectivity index (χ3v) is 3.62. The maximum atomic E-state index is 5.75. The van der Waals surface area contributed by atoms with Crippen LogP contribution in [0.25, 0.3) is 0 Å². The zero-order valence-electron chi connectivity index (χ0n) is 11.6. The molecule has 0 aromatic heterocycles. The van der Waals surface area contributed by atoms with Crippen LogP contribution < -0.4 is 15.0 Å². The van der Waals surface area contributed by atoms with E-state index in [0.29, 0.717) is 18.7 Å². The zero-order valence-corrected chi connectivity index (χ0v) is 11.6. The first-order chi connectivity index (χ1) is 8.76. The van der Waals surface area contributed by atoms with Crippen LogP contribution in [0.1, 0.15) is 27.2 Å². The number of benzene rings is 1. The van der Waals surface area contributed by atoms with Crippen LogP contribution in [0.3, 0.4) is 0 Å². The molecule has 2 unspecified atom stereocenters. The smallest absolute Gasteiger partial charge is 0.142 e. The molecule has 1 saturated heterocycles. The van der Waals surface area contributed by atoms with Crippen LogP contribution in [0.2, 0.25) is 0 Å². The van der Waals surface area contributed by atoms with E-state index in [4.69, 9.17) is 4.74 Å². The van der Waals surface area contributed by atoms with E-state index in [0.717, 1.165) is 18.8 Å². The first-order valence-corrected chi connectivity index (χ1v) is 6.98. The second-order valence-corrected chi connectivity index (χ2v) is 4.92. The summed E-state index contributed by atoms with van der Waals surface area (Å²) in [6.07, 6.45) is 1.17. The summed E-state index contributed by atoms with van der Waals surface area (Å²) in [7, 11) is 0. The summed E-state index contributed by atoms with van der Waals surface area (Å²) in [5.74, 6) is 1.00. The highest BCUT2D eigenvalue weighted by atomic mass is 16.5. The third-order valence-electron chi connectivity index (χ3n) is 3.62. The zero-order chi connectivity index (χ0) is 13.0. The molecule has 0 amide bonds. The Bertz CT molecular complexity index is 381. The van der Waals surface area contributed by atoms with Gasteiger partial charge >= 0.3 is 0 Å². The van der Waals surface area contributed by atoms with Crippen molar-refractivity contribution >= 4 is 5.69 Å². The van der Waals surface area contributed by atoms with Crippen LogP contribution in [0.5, 0.6) is 5.75 Å². The molecule has 18 heavy (non-hydrogen) atoms. The van der Waals surface area contributed by atoms with Crippen LogP contribution in [0.4, 0.5) is 5.69 Å². The van der Waals surface area contributed by atoms with E-state index in [1.807, 2.05) is 13.0 Å². The molecule has 1 aliphatic rings. The van der Waals surface area contributed by atoms with Crippen LogP contribution in [0, 0.1) is 0 Å². The third kappa shape index (κ3) is 2.78. The van der Waals surface area contributed by atoms with Gasteiger partial charge in [0.1, 0.15) is 5.75 Å². The highest BCUT2D eigenvalue weighted by molar-refractivity contribution is 5.59. The number of hydrogen-bond acceptors (Lipinski definition) is 3. The Morgan fingerprint density at radius 3 is 2.83 bits per heavy atom. The Balaban J connectivity index is 2.22. The maximum Gasteiger partial charge on any atom is 0.142 e. The van der Waals surface area contributed by atoms with Gasteiger partial charge in [-0.15, -0.1) is 0 Å². The summed E-state index contributed by atoms with van der Waals surface area (Å²) < 4.78 is 5.75. The Kier molecular flexibility index (Phi) is 4.48.